The maximum absolute atomic E-state index is 12.7. The molecule has 0 radical (unpaired) electrons. The van der Waals surface area contributed by atoms with Crippen molar-refractivity contribution < 1.29 is 24.0 Å². The second-order valence-electron chi connectivity index (χ2n) is 6.98. The van der Waals surface area contributed by atoms with Gasteiger partial charge < -0.3 is 20.7 Å². The lowest BCUT2D eigenvalue weighted by Gasteiger charge is -2.34. The summed E-state index contributed by atoms with van der Waals surface area (Å²) in [5.41, 5.74) is 7.04. The number of fused-ring (bicyclic) bond motifs is 1. The molecule has 1 aliphatic heterocycles. The fourth-order valence-corrected chi connectivity index (χ4v) is 5.08. The van der Waals surface area contributed by atoms with Gasteiger partial charge in [-0.15, -0.1) is 11.3 Å². The van der Waals surface area contributed by atoms with E-state index >= 15 is 0 Å². The Bertz CT molecular complexity index is 740. The average molecular weight is 396 g/mol. The maximum atomic E-state index is 12.7. The first-order valence-electron chi connectivity index (χ1n) is 9.43. The van der Waals surface area contributed by atoms with Crippen molar-refractivity contribution in [3.8, 4) is 0 Å². The molecule has 2 heterocycles. The number of aryl methyl sites for hydroxylation is 1. The van der Waals surface area contributed by atoms with Crippen LogP contribution in [-0.4, -0.2) is 61.6 Å². The quantitative estimate of drug-likeness (QED) is 0.653. The van der Waals surface area contributed by atoms with Crippen LogP contribution in [0.2, 0.25) is 0 Å². The molecule has 2 aliphatic rings. The van der Waals surface area contributed by atoms with Crippen LogP contribution >= 0.6 is 11.3 Å². The Balaban J connectivity index is 1.61. The molecule has 9 heteroatoms. The number of hydrogen-bond acceptors (Lipinski definition) is 5. The summed E-state index contributed by atoms with van der Waals surface area (Å²) in [6.07, 6.45) is 2.51. The first kappa shape index (κ1) is 19.6. The van der Waals surface area contributed by atoms with Gasteiger partial charge in [-0.05, 0) is 38.7 Å². The number of amides is 3. The zero-order valence-corrected chi connectivity index (χ0v) is 16.6. The summed E-state index contributed by atoms with van der Waals surface area (Å²) in [5.74, 6) is -0.607. The molecule has 3 rings (SSSR count). The van der Waals surface area contributed by atoms with E-state index < -0.39 is 5.91 Å². The molecule has 148 valence electrons. The molecule has 0 bridgehead atoms. The van der Waals surface area contributed by atoms with E-state index in [9.17, 15) is 14.4 Å². The standard InChI is InChI=1S/C18H26N4O4S/c1-3-26-18(25)22-9-7-21(8-10-22)11(2)16(24)20-17-14(15(19)23)12-5-4-6-13(12)27-17/h11H,3-10H2,1-2H3,(H2,19,23)(H,20,24)/p+1/t11-/m0/s1. The van der Waals surface area contributed by atoms with E-state index in [0.29, 0.717) is 43.4 Å². The van der Waals surface area contributed by atoms with Crippen LogP contribution in [0, 0.1) is 0 Å². The number of thiophene rings is 1. The second-order valence-corrected chi connectivity index (χ2v) is 8.09. The SMILES string of the molecule is CCOC(=O)N1CC[NH+]([C@@H](C)C(=O)Nc2sc3c(c2C(N)=O)CCC3)CC1. The molecule has 4 N–H and O–H groups in total. The Morgan fingerprint density at radius 1 is 1.30 bits per heavy atom. The van der Waals surface area contributed by atoms with Gasteiger partial charge in [-0.2, -0.15) is 0 Å². The van der Waals surface area contributed by atoms with Crippen LogP contribution in [-0.2, 0) is 22.4 Å². The number of primary amides is 1. The number of anilines is 1. The fourth-order valence-electron chi connectivity index (χ4n) is 3.78. The van der Waals surface area contributed by atoms with Crippen molar-refractivity contribution in [1.82, 2.24) is 4.90 Å². The van der Waals surface area contributed by atoms with Crippen molar-refractivity contribution in [3.05, 3.63) is 16.0 Å². The van der Waals surface area contributed by atoms with E-state index in [1.54, 1.807) is 11.8 Å². The van der Waals surface area contributed by atoms with Crippen LogP contribution in [0.1, 0.15) is 41.1 Å². The molecule has 3 amide bonds. The maximum Gasteiger partial charge on any atom is 0.410 e. The Morgan fingerprint density at radius 3 is 2.63 bits per heavy atom. The van der Waals surface area contributed by atoms with Gasteiger partial charge in [0.2, 0.25) is 0 Å². The molecule has 1 aromatic rings. The van der Waals surface area contributed by atoms with Gasteiger partial charge in [-0.3, -0.25) is 14.5 Å². The number of carbonyl (C=O) groups is 3. The number of nitrogens with two attached hydrogens (primary N) is 1. The zero-order chi connectivity index (χ0) is 19.6. The van der Waals surface area contributed by atoms with Crippen molar-refractivity contribution >= 4 is 34.2 Å². The lowest BCUT2D eigenvalue weighted by atomic mass is 10.1. The normalized spacial score (nSPS) is 18.1. The lowest BCUT2D eigenvalue weighted by Crippen LogP contribution is -3.19. The van der Waals surface area contributed by atoms with Gasteiger partial charge in [0.15, 0.2) is 6.04 Å². The first-order valence-corrected chi connectivity index (χ1v) is 10.3. The number of carbonyl (C=O) groups excluding carboxylic acids is 3. The molecule has 27 heavy (non-hydrogen) atoms. The number of rotatable bonds is 5. The smallest absolute Gasteiger partial charge is 0.410 e. The largest absolute Gasteiger partial charge is 0.450 e. The third-order valence-corrected chi connectivity index (χ3v) is 6.55. The van der Waals surface area contributed by atoms with Crippen molar-refractivity contribution in [2.45, 2.75) is 39.2 Å². The van der Waals surface area contributed by atoms with Gasteiger partial charge in [0.25, 0.3) is 11.8 Å². The second kappa shape index (κ2) is 8.26. The van der Waals surface area contributed by atoms with Crippen LogP contribution < -0.4 is 16.0 Å². The fraction of sp³-hybridized carbons (Fsp3) is 0.611. The first-order chi connectivity index (χ1) is 12.9. The highest BCUT2D eigenvalue weighted by atomic mass is 32.1. The monoisotopic (exact) mass is 395 g/mol. The minimum Gasteiger partial charge on any atom is -0.450 e. The Hall–Kier alpha value is -2.13. The Labute approximate surface area is 162 Å². The third-order valence-electron chi connectivity index (χ3n) is 5.34. The molecule has 1 atom stereocenters. The van der Waals surface area contributed by atoms with E-state index in [-0.39, 0.29) is 18.0 Å². The molecule has 0 spiro atoms. The minimum absolute atomic E-state index is 0.128. The van der Waals surface area contributed by atoms with Crippen LogP contribution in [0.3, 0.4) is 0 Å². The van der Waals surface area contributed by atoms with Crippen LogP contribution in [0.25, 0.3) is 0 Å². The summed E-state index contributed by atoms with van der Waals surface area (Å²) in [4.78, 5) is 40.3. The summed E-state index contributed by atoms with van der Waals surface area (Å²) in [5, 5.41) is 3.50. The van der Waals surface area contributed by atoms with E-state index in [1.807, 2.05) is 6.92 Å². The summed E-state index contributed by atoms with van der Waals surface area (Å²) in [7, 11) is 0. The van der Waals surface area contributed by atoms with Crippen molar-refractivity contribution in [3.63, 3.8) is 0 Å². The van der Waals surface area contributed by atoms with E-state index in [0.717, 1.165) is 34.6 Å². The highest BCUT2D eigenvalue weighted by Crippen LogP contribution is 2.38. The number of quaternary nitrogens is 1. The summed E-state index contributed by atoms with van der Waals surface area (Å²) in [6.45, 7) is 6.49. The molecule has 8 nitrogen and oxygen atoms in total. The highest BCUT2D eigenvalue weighted by molar-refractivity contribution is 7.17. The Morgan fingerprint density at radius 2 is 2.00 bits per heavy atom. The molecule has 0 aromatic carbocycles. The number of nitrogens with one attached hydrogen (secondary N) is 2. The van der Waals surface area contributed by atoms with Crippen molar-refractivity contribution in [2.24, 2.45) is 5.73 Å². The zero-order valence-electron chi connectivity index (χ0n) is 15.8. The molecule has 1 fully saturated rings. The summed E-state index contributed by atoms with van der Waals surface area (Å²) in [6, 6.07) is -0.285. The number of piperazine rings is 1. The molecule has 1 aliphatic carbocycles. The summed E-state index contributed by atoms with van der Waals surface area (Å²) < 4.78 is 5.02. The van der Waals surface area contributed by atoms with Crippen LogP contribution in [0.4, 0.5) is 9.80 Å². The van der Waals surface area contributed by atoms with Gasteiger partial charge in [0.05, 0.1) is 38.3 Å². The van der Waals surface area contributed by atoms with Gasteiger partial charge in [0, 0.05) is 4.88 Å². The molecule has 0 unspecified atom stereocenters. The summed E-state index contributed by atoms with van der Waals surface area (Å²) >= 11 is 1.47. The van der Waals surface area contributed by atoms with Gasteiger partial charge in [-0.1, -0.05) is 0 Å². The molecular formula is C18H27N4O4S+. The highest BCUT2D eigenvalue weighted by Gasteiger charge is 2.33. The number of hydrogen-bond donors (Lipinski definition) is 3. The third kappa shape index (κ3) is 4.08. The van der Waals surface area contributed by atoms with Crippen LogP contribution in [0.5, 0.6) is 0 Å². The number of ether oxygens (including phenoxy) is 1. The van der Waals surface area contributed by atoms with Gasteiger partial charge in [0.1, 0.15) is 5.00 Å². The van der Waals surface area contributed by atoms with Gasteiger partial charge in [-0.25, -0.2) is 4.79 Å². The molecule has 0 saturated carbocycles. The number of nitrogens with zero attached hydrogens (tertiary/aromatic N) is 1. The molecular weight excluding hydrogens is 368 g/mol. The van der Waals surface area contributed by atoms with Gasteiger partial charge >= 0.3 is 6.09 Å². The predicted octanol–water partition coefficient (Wildman–Crippen LogP) is 0.0197. The average Bonchev–Trinajstić information content (AvgIpc) is 3.21. The van der Waals surface area contributed by atoms with Crippen LogP contribution in [0.15, 0.2) is 0 Å². The van der Waals surface area contributed by atoms with Crippen molar-refractivity contribution in [2.75, 3.05) is 38.1 Å². The van der Waals surface area contributed by atoms with E-state index in [1.165, 1.54) is 11.3 Å². The lowest BCUT2D eigenvalue weighted by molar-refractivity contribution is -0.917. The van der Waals surface area contributed by atoms with E-state index in [4.69, 9.17) is 10.5 Å². The Kier molecular flexibility index (Phi) is 6.01. The minimum atomic E-state index is -0.479. The molecule has 1 saturated heterocycles. The van der Waals surface area contributed by atoms with E-state index in [2.05, 4.69) is 5.32 Å². The predicted molar refractivity (Wildman–Crippen MR) is 102 cm³/mol. The molecule has 1 aromatic heterocycles. The topological polar surface area (TPSA) is 106 Å². The van der Waals surface area contributed by atoms with Crippen molar-refractivity contribution in [1.29, 1.82) is 0 Å².